The zero-order valence-electron chi connectivity index (χ0n) is 11.4. The SMILES string of the molecule is CC(CC(=O)O)CN1C(=O)CC2(CCCCC2)C1=O. The molecule has 1 aliphatic heterocycles. The maximum absolute atomic E-state index is 12.5. The molecule has 2 amide bonds. The van der Waals surface area contributed by atoms with E-state index in [1.165, 1.54) is 4.90 Å². The van der Waals surface area contributed by atoms with Gasteiger partial charge in [-0.15, -0.1) is 0 Å². The molecular formula is C14H21NO4. The van der Waals surface area contributed by atoms with Gasteiger partial charge in [-0.25, -0.2) is 0 Å². The number of nitrogens with zero attached hydrogens (tertiary/aromatic N) is 1. The van der Waals surface area contributed by atoms with Gasteiger partial charge in [0.2, 0.25) is 11.8 Å². The standard InChI is InChI=1S/C14H21NO4/c1-10(7-12(17)18)9-15-11(16)8-14(13(15)19)5-3-2-4-6-14/h10H,2-9H2,1H3,(H,17,18). The van der Waals surface area contributed by atoms with Gasteiger partial charge < -0.3 is 5.11 Å². The number of carboxylic acid groups (broad SMARTS) is 1. The van der Waals surface area contributed by atoms with Crippen LogP contribution in [0.25, 0.3) is 0 Å². The third-order valence-electron chi connectivity index (χ3n) is 4.32. The number of carbonyl (C=O) groups is 3. The molecule has 1 saturated carbocycles. The van der Waals surface area contributed by atoms with Crippen molar-refractivity contribution in [3.8, 4) is 0 Å². The summed E-state index contributed by atoms with van der Waals surface area (Å²) in [4.78, 5) is 36.5. The minimum Gasteiger partial charge on any atom is -0.481 e. The van der Waals surface area contributed by atoms with Crippen LogP contribution < -0.4 is 0 Å². The minimum atomic E-state index is -0.890. The molecule has 1 heterocycles. The lowest BCUT2D eigenvalue weighted by molar-refractivity contribution is -0.145. The van der Waals surface area contributed by atoms with Crippen molar-refractivity contribution < 1.29 is 19.5 Å². The molecule has 0 aromatic carbocycles. The molecule has 1 saturated heterocycles. The monoisotopic (exact) mass is 267 g/mol. The van der Waals surface area contributed by atoms with Gasteiger partial charge in [-0.05, 0) is 18.8 Å². The highest BCUT2D eigenvalue weighted by Gasteiger charge is 2.51. The first-order valence-corrected chi connectivity index (χ1v) is 7.01. The molecule has 1 aliphatic carbocycles. The Morgan fingerprint density at radius 2 is 1.95 bits per heavy atom. The van der Waals surface area contributed by atoms with Gasteiger partial charge >= 0.3 is 5.97 Å². The van der Waals surface area contributed by atoms with E-state index in [1.807, 2.05) is 0 Å². The largest absolute Gasteiger partial charge is 0.481 e. The van der Waals surface area contributed by atoms with E-state index in [-0.39, 0.29) is 30.7 Å². The second-order valence-electron chi connectivity index (χ2n) is 6.03. The van der Waals surface area contributed by atoms with Crippen LogP contribution in [0.15, 0.2) is 0 Å². The normalized spacial score (nSPS) is 23.9. The summed E-state index contributed by atoms with van der Waals surface area (Å²) in [5, 5.41) is 8.74. The Bertz CT molecular complexity index is 398. The second-order valence-corrected chi connectivity index (χ2v) is 6.03. The number of amides is 2. The fraction of sp³-hybridized carbons (Fsp3) is 0.786. The van der Waals surface area contributed by atoms with Crippen LogP contribution in [-0.2, 0) is 14.4 Å². The summed E-state index contributed by atoms with van der Waals surface area (Å²) in [6, 6.07) is 0. The number of hydrogen-bond donors (Lipinski definition) is 1. The number of carboxylic acids is 1. The summed E-state index contributed by atoms with van der Waals surface area (Å²) in [5.41, 5.74) is -0.460. The molecule has 1 spiro atoms. The summed E-state index contributed by atoms with van der Waals surface area (Å²) in [7, 11) is 0. The van der Waals surface area contributed by atoms with Crippen molar-refractivity contribution in [2.45, 2.75) is 51.9 Å². The lowest BCUT2D eigenvalue weighted by atomic mass is 9.73. The van der Waals surface area contributed by atoms with Gasteiger partial charge in [0.15, 0.2) is 0 Å². The third kappa shape index (κ3) is 2.80. The maximum atomic E-state index is 12.5. The Balaban J connectivity index is 2.04. The summed E-state index contributed by atoms with van der Waals surface area (Å²) in [6.45, 7) is 2.01. The quantitative estimate of drug-likeness (QED) is 0.788. The number of rotatable bonds is 4. The highest BCUT2D eigenvalue weighted by atomic mass is 16.4. The zero-order chi connectivity index (χ0) is 14.0. The van der Waals surface area contributed by atoms with Gasteiger partial charge in [-0.3, -0.25) is 19.3 Å². The number of hydrogen-bond acceptors (Lipinski definition) is 3. The van der Waals surface area contributed by atoms with Gasteiger partial charge in [0, 0.05) is 19.4 Å². The predicted octanol–water partition coefficient (Wildman–Crippen LogP) is 1.81. The zero-order valence-corrected chi connectivity index (χ0v) is 11.4. The Morgan fingerprint density at radius 1 is 1.32 bits per heavy atom. The second kappa shape index (κ2) is 5.31. The molecule has 2 aliphatic rings. The Hall–Kier alpha value is -1.39. The van der Waals surface area contributed by atoms with Crippen molar-refractivity contribution >= 4 is 17.8 Å². The van der Waals surface area contributed by atoms with Gasteiger partial charge in [0.05, 0.1) is 5.41 Å². The number of carbonyl (C=O) groups excluding carboxylic acids is 2. The number of aliphatic carboxylic acids is 1. The van der Waals surface area contributed by atoms with Crippen LogP contribution in [0.3, 0.4) is 0 Å². The predicted molar refractivity (Wildman–Crippen MR) is 68.3 cm³/mol. The highest BCUT2D eigenvalue weighted by Crippen LogP contribution is 2.45. The molecule has 0 radical (unpaired) electrons. The lowest BCUT2D eigenvalue weighted by Gasteiger charge is -2.30. The summed E-state index contributed by atoms with van der Waals surface area (Å²) < 4.78 is 0. The molecule has 1 atom stereocenters. The van der Waals surface area contributed by atoms with Crippen molar-refractivity contribution in [3.63, 3.8) is 0 Å². The first-order chi connectivity index (χ1) is 8.94. The maximum Gasteiger partial charge on any atom is 0.303 e. The molecule has 2 rings (SSSR count). The van der Waals surface area contributed by atoms with E-state index >= 15 is 0 Å². The minimum absolute atomic E-state index is 0.00986. The van der Waals surface area contributed by atoms with E-state index in [9.17, 15) is 14.4 Å². The van der Waals surface area contributed by atoms with Gasteiger partial charge in [-0.2, -0.15) is 0 Å². The third-order valence-corrected chi connectivity index (χ3v) is 4.32. The summed E-state index contributed by atoms with van der Waals surface area (Å²) in [6.07, 6.45) is 5.09. The van der Waals surface area contributed by atoms with Crippen molar-refractivity contribution in [1.82, 2.24) is 4.90 Å². The number of likely N-dealkylation sites (tertiary alicyclic amines) is 1. The van der Waals surface area contributed by atoms with E-state index in [1.54, 1.807) is 6.92 Å². The van der Waals surface area contributed by atoms with Crippen molar-refractivity contribution in [1.29, 1.82) is 0 Å². The molecule has 0 bridgehead atoms. The Kier molecular flexibility index (Phi) is 3.92. The smallest absolute Gasteiger partial charge is 0.303 e. The lowest BCUT2D eigenvalue weighted by Crippen LogP contribution is -2.39. The average Bonchev–Trinajstić information content (AvgIpc) is 2.54. The topological polar surface area (TPSA) is 74.7 Å². The van der Waals surface area contributed by atoms with Gasteiger partial charge in [0.1, 0.15) is 0 Å². The van der Waals surface area contributed by atoms with Crippen molar-refractivity contribution in [2.75, 3.05) is 6.54 Å². The fourth-order valence-corrected chi connectivity index (χ4v) is 3.34. The summed E-state index contributed by atoms with van der Waals surface area (Å²) >= 11 is 0. The van der Waals surface area contributed by atoms with Crippen LogP contribution in [0.4, 0.5) is 0 Å². The van der Waals surface area contributed by atoms with E-state index in [0.29, 0.717) is 6.42 Å². The van der Waals surface area contributed by atoms with Crippen LogP contribution in [-0.4, -0.2) is 34.3 Å². The van der Waals surface area contributed by atoms with Crippen LogP contribution >= 0.6 is 0 Å². The Labute approximate surface area is 113 Å². The van der Waals surface area contributed by atoms with E-state index in [4.69, 9.17) is 5.11 Å². The van der Waals surface area contributed by atoms with Crippen LogP contribution in [0.2, 0.25) is 0 Å². The molecule has 1 unspecified atom stereocenters. The van der Waals surface area contributed by atoms with Gasteiger partial charge in [0.25, 0.3) is 0 Å². The van der Waals surface area contributed by atoms with Crippen LogP contribution in [0, 0.1) is 11.3 Å². The molecule has 106 valence electrons. The van der Waals surface area contributed by atoms with E-state index in [0.717, 1.165) is 32.1 Å². The first kappa shape index (κ1) is 14.0. The van der Waals surface area contributed by atoms with Crippen molar-refractivity contribution in [2.24, 2.45) is 11.3 Å². The summed E-state index contributed by atoms with van der Waals surface area (Å²) in [5.74, 6) is -1.26. The van der Waals surface area contributed by atoms with E-state index < -0.39 is 11.4 Å². The molecule has 2 fully saturated rings. The first-order valence-electron chi connectivity index (χ1n) is 7.01. The van der Waals surface area contributed by atoms with E-state index in [2.05, 4.69) is 0 Å². The number of imide groups is 1. The molecule has 5 nitrogen and oxygen atoms in total. The van der Waals surface area contributed by atoms with Crippen LogP contribution in [0.1, 0.15) is 51.9 Å². The molecule has 1 N–H and O–H groups in total. The molecule has 19 heavy (non-hydrogen) atoms. The Morgan fingerprint density at radius 3 is 2.53 bits per heavy atom. The molecule has 0 aromatic heterocycles. The van der Waals surface area contributed by atoms with Crippen LogP contribution in [0.5, 0.6) is 0 Å². The molecule has 5 heteroatoms. The fourth-order valence-electron chi connectivity index (χ4n) is 3.34. The van der Waals surface area contributed by atoms with Crippen molar-refractivity contribution in [3.05, 3.63) is 0 Å². The molecule has 0 aromatic rings. The average molecular weight is 267 g/mol. The molecular weight excluding hydrogens is 246 g/mol. The van der Waals surface area contributed by atoms with Gasteiger partial charge in [-0.1, -0.05) is 26.2 Å². The highest BCUT2D eigenvalue weighted by molar-refractivity contribution is 6.05.